The van der Waals surface area contributed by atoms with E-state index in [-0.39, 0.29) is 0 Å². The van der Waals surface area contributed by atoms with Crippen molar-refractivity contribution < 1.29 is 18.8 Å². The van der Waals surface area contributed by atoms with Crippen LogP contribution < -0.4 is 0 Å². The molecule has 0 saturated carbocycles. The number of rotatable bonds is 12. The average Bonchev–Trinajstić information content (AvgIpc) is 2.45. The van der Waals surface area contributed by atoms with E-state index in [1.54, 1.807) is 0 Å². The van der Waals surface area contributed by atoms with Gasteiger partial charge in [-0.05, 0) is 25.7 Å². The third-order valence-electron chi connectivity index (χ3n) is 3.94. The molecule has 4 nitrogen and oxygen atoms in total. The first-order valence-electron chi connectivity index (χ1n) is 8.74. The molecule has 0 bridgehead atoms. The van der Waals surface area contributed by atoms with Crippen LogP contribution in [0, 0.1) is 0 Å². The van der Waals surface area contributed by atoms with E-state index in [4.69, 9.17) is 14.4 Å². The van der Waals surface area contributed by atoms with Gasteiger partial charge in [0.2, 0.25) is 0 Å². The van der Waals surface area contributed by atoms with Crippen LogP contribution in [0.5, 0.6) is 0 Å². The summed E-state index contributed by atoms with van der Waals surface area (Å²) in [5.74, 6) is 0. The van der Waals surface area contributed by atoms with Crippen LogP contribution >= 0.6 is 8.25 Å². The Morgan fingerprint density at radius 1 is 0.667 bits per heavy atom. The van der Waals surface area contributed by atoms with Crippen molar-refractivity contribution in [3.8, 4) is 0 Å². The van der Waals surface area contributed by atoms with Crippen LogP contribution in [0.4, 0.5) is 0 Å². The summed E-state index contributed by atoms with van der Waals surface area (Å²) in [4.78, 5) is 14.3. The Kier molecular flexibility index (Phi) is 18.3. The number of unbranched alkanes of at least 4 members (excludes halogenated alkanes) is 4. The summed E-state index contributed by atoms with van der Waals surface area (Å²) in [5, 5.41) is 0. The molecular weight excluding hydrogens is 285 g/mol. The van der Waals surface area contributed by atoms with Crippen molar-refractivity contribution in [2.24, 2.45) is 0 Å². The molecule has 0 aromatic carbocycles. The lowest BCUT2D eigenvalue weighted by molar-refractivity contribution is -0.929. The van der Waals surface area contributed by atoms with Crippen molar-refractivity contribution in [2.75, 3.05) is 26.2 Å². The van der Waals surface area contributed by atoms with E-state index in [0.29, 0.717) is 0 Å². The first-order valence-corrected chi connectivity index (χ1v) is 10.0. The fourth-order valence-electron chi connectivity index (χ4n) is 2.64. The topological polar surface area (TPSA) is 57.5 Å². The minimum atomic E-state index is -3.13. The monoisotopic (exact) mass is 324 g/mol. The maximum atomic E-state index is 8.74. The Bertz CT molecular complexity index is 196. The molecule has 0 atom stereocenters. The summed E-state index contributed by atoms with van der Waals surface area (Å²) in [6, 6.07) is 0. The van der Waals surface area contributed by atoms with Gasteiger partial charge in [0.15, 0.2) is 0 Å². The Balaban J connectivity index is 0. The molecule has 0 amide bonds. The number of nitrogens with zero attached hydrogens (tertiary/aromatic N) is 1. The quantitative estimate of drug-likeness (QED) is 0.414. The summed E-state index contributed by atoms with van der Waals surface area (Å²) in [5.41, 5.74) is 0. The lowest BCUT2D eigenvalue weighted by Gasteiger charge is -2.39. The van der Waals surface area contributed by atoms with Crippen LogP contribution in [0.15, 0.2) is 0 Å². The van der Waals surface area contributed by atoms with Gasteiger partial charge < -0.3 is 14.3 Å². The van der Waals surface area contributed by atoms with E-state index < -0.39 is 8.25 Å². The Morgan fingerprint density at radius 2 is 0.857 bits per heavy atom. The molecule has 0 spiro atoms. The molecule has 0 aliphatic rings. The van der Waals surface area contributed by atoms with Crippen molar-refractivity contribution >= 4 is 8.25 Å². The molecule has 0 aliphatic heterocycles. The maximum absolute atomic E-state index is 8.74. The first-order chi connectivity index (χ1) is 9.97. The van der Waals surface area contributed by atoms with Crippen molar-refractivity contribution in [1.29, 1.82) is 0 Å². The Morgan fingerprint density at radius 3 is 1.00 bits per heavy atom. The van der Waals surface area contributed by atoms with E-state index in [1.165, 1.54) is 82.0 Å². The zero-order valence-corrected chi connectivity index (χ0v) is 15.7. The highest BCUT2D eigenvalue weighted by molar-refractivity contribution is 7.30. The fourth-order valence-corrected chi connectivity index (χ4v) is 2.64. The molecule has 0 aliphatic carbocycles. The second-order valence-corrected chi connectivity index (χ2v) is 6.50. The van der Waals surface area contributed by atoms with Gasteiger partial charge in [0, 0.05) is 0 Å². The zero-order chi connectivity index (χ0) is 16.6. The molecule has 0 aromatic heterocycles. The Hall–Kier alpha value is 0.110. The van der Waals surface area contributed by atoms with Gasteiger partial charge in [0.1, 0.15) is 0 Å². The molecule has 21 heavy (non-hydrogen) atoms. The van der Waals surface area contributed by atoms with Crippen molar-refractivity contribution in [2.45, 2.75) is 79.1 Å². The molecule has 0 rings (SSSR count). The summed E-state index contributed by atoms with van der Waals surface area (Å²) < 4.78 is 10.2. The fraction of sp³-hybridized carbons (Fsp3) is 1.00. The van der Waals surface area contributed by atoms with Crippen molar-refractivity contribution in [3.05, 3.63) is 0 Å². The molecular formula is C16H39NO3P+. The van der Waals surface area contributed by atoms with E-state index in [2.05, 4.69) is 27.7 Å². The van der Waals surface area contributed by atoms with Crippen LogP contribution in [0.3, 0.4) is 0 Å². The van der Waals surface area contributed by atoms with Gasteiger partial charge in [0.05, 0.1) is 26.2 Å². The van der Waals surface area contributed by atoms with Crippen molar-refractivity contribution in [1.82, 2.24) is 0 Å². The second kappa shape index (κ2) is 16.5. The molecule has 0 unspecified atom stereocenters. The lowest BCUT2D eigenvalue weighted by Crippen LogP contribution is -2.50. The highest BCUT2D eigenvalue weighted by Gasteiger charge is 2.24. The number of quaternary nitrogens is 1. The SMILES string of the molecule is CCCC[N+](CCCC)(CCCC)CCCC.O=[PH](O)O. The van der Waals surface area contributed by atoms with E-state index >= 15 is 0 Å². The number of hydrogen-bond acceptors (Lipinski definition) is 1. The second-order valence-electron chi connectivity index (χ2n) is 5.93. The summed E-state index contributed by atoms with van der Waals surface area (Å²) >= 11 is 0. The normalized spacial score (nSPS) is 11.4. The lowest BCUT2D eigenvalue weighted by atomic mass is 10.1. The molecule has 0 heterocycles. The summed E-state index contributed by atoms with van der Waals surface area (Å²) in [6.45, 7) is 15.0. The van der Waals surface area contributed by atoms with Crippen LogP contribution in [0.1, 0.15) is 79.1 Å². The van der Waals surface area contributed by atoms with Gasteiger partial charge in [-0.25, -0.2) is 0 Å². The van der Waals surface area contributed by atoms with Gasteiger partial charge in [-0.2, -0.15) is 0 Å². The van der Waals surface area contributed by atoms with Gasteiger partial charge >= 0.3 is 8.25 Å². The van der Waals surface area contributed by atoms with Crippen LogP contribution in [-0.4, -0.2) is 40.4 Å². The molecule has 130 valence electrons. The van der Waals surface area contributed by atoms with Crippen LogP contribution in [0.2, 0.25) is 0 Å². The summed E-state index contributed by atoms with van der Waals surface area (Å²) in [6.07, 6.45) is 11.1. The molecule has 5 heteroatoms. The molecule has 2 N–H and O–H groups in total. The van der Waals surface area contributed by atoms with E-state index in [1.807, 2.05) is 0 Å². The zero-order valence-electron chi connectivity index (χ0n) is 14.7. The molecule has 0 fully saturated rings. The van der Waals surface area contributed by atoms with E-state index in [9.17, 15) is 0 Å². The van der Waals surface area contributed by atoms with Crippen LogP contribution in [-0.2, 0) is 4.57 Å². The average molecular weight is 324 g/mol. The summed E-state index contributed by atoms with van der Waals surface area (Å²) in [7, 11) is -3.13. The molecule has 0 aromatic rings. The first kappa shape index (κ1) is 23.4. The maximum Gasteiger partial charge on any atom is 0.314 e. The smallest absolute Gasteiger partial charge is 0.314 e. The molecule has 0 radical (unpaired) electrons. The standard InChI is InChI=1S/C16H36N.H3O3P/c1-5-9-13-17(14-10-6-2,15-11-7-3)16-12-8-4;1-4(2)3/h5-16H2,1-4H3;4H,(H2,1,2,3)/q+1;. The van der Waals surface area contributed by atoms with Gasteiger partial charge in [0.25, 0.3) is 0 Å². The van der Waals surface area contributed by atoms with Crippen LogP contribution in [0.25, 0.3) is 0 Å². The Labute approximate surface area is 133 Å². The van der Waals surface area contributed by atoms with Gasteiger partial charge in [-0.1, -0.05) is 53.4 Å². The predicted molar refractivity (Wildman–Crippen MR) is 92.8 cm³/mol. The third kappa shape index (κ3) is 16.3. The van der Waals surface area contributed by atoms with E-state index in [0.717, 1.165) is 0 Å². The third-order valence-corrected chi connectivity index (χ3v) is 3.94. The minimum absolute atomic E-state index is 1.35. The predicted octanol–water partition coefficient (Wildman–Crippen LogP) is 4.36. The highest BCUT2D eigenvalue weighted by Crippen LogP contribution is 2.16. The minimum Gasteiger partial charge on any atom is -0.326 e. The van der Waals surface area contributed by atoms with Gasteiger partial charge in [-0.15, -0.1) is 0 Å². The van der Waals surface area contributed by atoms with Gasteiger partial charge in [-0.3, -0.25) is 4.57 Å². The molecule has 0 saturated heterocycles. The highest BCUT2D eigenvalue weighted by atomic mass is 31.1. The number of hydrogen-bond donors (Lipinski definition) is 2. The largest absolute Gasteiger partial charge is 0.326 e. The van der Waals surface area contributed by atoms with Crippen molar-refractivity contribution in [3.63, 3.8) is 0 Å².